The minimum absolute atomic E-state index is 0.0731. The van der Waals surface area contributed by atoms with E-state index in [0.717, 1.165) is 24.3 Å². The normalized spacial score (nSPS) is 14.9. The second kappa shape index (κ2) is 12.4. The largest absolute Gasteiger partial charge is 0.477 e. The summed E-state index contributed by atoms with van der Waals surface area (Å²) in [5.41, 5.74) is 8.65. The fourth-order valence-corrected chi connectivity index (χ4v) is 5.29. The van der Waals surface area contributed by atoms with Gasteiger partial charge in [0.1, 0.15) is 28.0 Å². The second-order valence-corrected chi connectivity index (χ2v) is 12.0. The van der Waals surface area contributed by atoms with Crippen LogP contribution in [0.4, 0.5) is 15.9 Å². The average molecular weight is 610 g/mol. The highest BCUT2D eigenvalue weighted by molar-refractivity contribution is 6.29. The molecule has 1 saturated heterocycles. The third-order valence-corrected chi connectivity index (χ3v) is 7.85. The molecule has 228 valence electrons. The van der Waals surface area contributed by atoms with Crippen molar-refractivity contribution in [3.63, 3.8) is 0 Å². The van der Waals surface area contributed by atoms with E-state index in [9.17, 15) is 5.11 Å². The first-order chi connectivity index (χ1) is 20.4. The van der Waals surface area contributed by atoms with Gasteiger partial charge in [0.25, 0.3) is 0 Å². The summed E-state index contributed by atoms with van der Waals surface area (Å²) in [6.45, 7) is 9.97. The van der Waals surface area contributed by atoms with Crippen molar-refractivity contribution in [3.05, 3.63) is 59.0 Å². The van der Waals surface area contributed by atoms with Crippen LogP contribution in [0, 0.1) is 18.7 Å². The standard InChI is InChI=1S/C30H37ClFN9O2/c1-17(7-9-43-29-26(18(2)39-40(29)5)28-34-8-6-25(33)38-28)37-23-11-24(31)35-13-21(23)27-22(32)10-19(12-36-27)14-41-15-20(16-41)30(3,4)42/h6,8,10-13,17,20,42H,7,9,14-16H2,1-5H3,(H,35,37)(H2,33,34,38)/t17-/m0/s1. The number of aliphatic hydroxyl groups is 1. The van der Waals surface area contributed by atoms with Crippen LogP contribution in [-0.2, 0) is 13.6 Å². The number of hydrogen-bond donors (Lipinski definition) is 3. The Bertz CT molecular complexity index is 1600. The van der Waals surface area contributed by atoms with Crippen LogP contribution in [0.15, 0.2) is 36.8 Å². The van der Waals surface area contributed by atoms with Gasteiger partial charge in [-0.05, 0) is 51.5 Å². The Morgan fingerprint density at radius 2 is 2.00 bits per heavy atom. The van der Waals surface area contributed by atoms with Gasteiger partial charge in [0.15, 0.2) is 5.82 Å². The Kier molecular flexibility index (Phi) is 8.81. The molecule has 1 fully saturated rings. The van der Waals surface area contributed by atoms with Crippen molar-refractivity contribution >= 4 is 23.1 Å². The lowest BCUT2D eigenvalue weighted by molar-refractivity contribution is -0.0648. The van der Waals surface area contributed by atoms with Crippen molar-refractivity contribution in [2.45, 2.75) is 52.3 Å². The Hall–Kier alpha value is -3.87. The summed E-state index contributed by atoms with van der Waals surface area (Å²) in [7, 11) is 1.80. The lowest BCUT2D eigenvalue weighted by Gasteiger charge is -2.45. The monoisotopic (exact) mass is 609 g/mol. The SMILES string of the molecule is Cc1nn(C)c(OCC[C@H](C)Nc2cc(Cl)ncc2-c2ncc(CN3CC(C(C)(C)O)C3)cc2F)c1-c1nccc(N)n1. The second-order valence-electron chi connectivity index (χ2n) is 11.6. The van der Waals surface area contributed by atoms with Gasteiger partial charge in [-0.25, -0.2) is 24.0 Å². The minimum Gasteiger partial charge on any atom is -0.477 e. The molecular weight excluding hydrogens is 573 g/mol. The Labute approximate surface area is 255 Å². The number of nitrogens with two attached hydrogens (primary N) is 1. The van der Waals surface area contributed by atoms with Crippen molar-refractivity contribution in [1.29, 1.82) is 0 Å². The molecule has 13 heteroatoms. The number of nitrogens with one attached hydrogen (secondary N) is 1. The molecule has 4 aromatic heterocycles. The molecule has 0 radical (unpaired) electrons. The molecule has 0 amide bonds. The van der Waals surface area contributed by atoms with E-state index in [4.69, 9.17) is 22.1 Å². The fourth-order valence-electron chi connectivity index (χ4n) is 5.13. The van der Waals surface area contributed by atoms with Gasteiger partial charge in [0.2, 0.25) is 5.88 Å². The van der Waals surface area contributed by atoms with Crippen LogP contribution < -0.4 is 15.8 Å². The molecule has 0 unspecified atom stereocenters. The summed E-state index contributed by atoms with van der Waals surface area (Å²) in [4.78, 5) is 19.5. The minimum atomic E-state index is -0.717. The fraction of sp³-hybridized carbons (Fsp3) is 0.433. The van der Waals surface area contributed by atoms with Gasteiger partial charge in [-0.1, -0.05) is 11.6 Å². The number of halogens is 2. The molecule has 0 aromatic carbocycles. The summed E-state index contributed by atoms with van der Waals surface area (Å²) in [5, 5.41) is 18.3. The van der Waals surface area contributed by atoms with Crippen LogP contribution in [0.3, 0.4) is 0 Å². The maximum absolute atomic E-state index is 15.4. The van der Waals surface area contributed by atoms with E-state index in [1.54, 1.807) is 36.3 Å². The van der Waals surface area contributed by atoms with Gasteiger partial charge in [-0.15, -0.1) is 0 Å². The Morgan fingerprint density at radius 3 is 2.70 bits per heavy atom. The van der Waals surface area contributed by atoms with E-state index in [2.05, 4.69) is 35.3 Å². The molecule has 5 rings (SSSR count). The number of nitrogens with zero attached hydrogens (tertiary/aromatic N) is 7. The topological polar surface area (TPSA) is 140 Å². The molecule has 0 saturated carbocycles. The van der Waals surface area contributed by atoms with Gasteiger partial charge in [0.05, 0.1) is 17.9 Å². The van der Waals surface area contributed by atoms with E-state index < -0.39 is 11.4 Å². The Balaban J connectivity index is 1.24. The van der Waals surface area contributed by atoms with Crippen molar-refractivity contribution in [1.82, 2.24) is 34.6 Å². The number of likely N-dealkylation sites (tertiary alicyclic amines) is 1. The van der Waals surface area contributed by atoms with E-state index in [0.29, 0.717) is 53.9 Å². The number of pyridine rings is 2. The van der Waals surface area contributed by atoms with Crippen molar-refractivity contribution in [2.24, 2.45) is 13.0 Å². The predicted molar refractivity (Wildman–Crippen MR) is 164 cm³/mol. The number of hydrogen-bond acceptors (Lipinski definition) is 10. The van der Waals surface area contributed by atoms with Crippen LogP contribution >= 0.6 is 11.6 Å². The van der Waals surface area contributed by atoms with Gasteiger partial charge < -0.3 is 20.9 Å². The maximum atomic E-state index is 15.4. The number of anilines is 2. The summed E-state index contributed by atoms with van der Waals surface area (Å²) < 4.78 is 23.2. The maximum Gasteiger partial charge on any atom is 0.223 e. The lowest BCUT2D eigenvalue weighted by Crippen LogP contribution is -2.55. The summed E-state index contributed by atoms with van der Waals surface area (Å²) >= 11 is 6.22. The zero-order valence-electron chi connectivity index (χ0n) is 25.0. The van der Waals surface area contributed by atoms with Crippen molar-refractivity contribution in [3.8, 4) is 28.5 Å². The van der Waals surface area contributed by atoms with Crippen LogP contribution in [0.2, 0.25) is 5.15 Å². The zero-order chi connectivity index (χ0) is 30.9. The first kappa shape index (κ1) is 30.6. The molecule has 0 aliphatic carbocycles. The molecule has 1 aliphatic heterocycles. The van der Waals surface area contributed by atoms with Crippen LogP contribution in [0.25, 0.3) is 22.6 Å². The van der Waals surface area contributed by atoms with E-state index in [1.807, 2.05) is 27.7 Å². The highest BCUT2D eigenvalue weighted by atomic mass is 35.5. The first-order valence-electron chi connectivity index (χ1n) is 14.2. The lowest BCUT2D eigenvalue weighted by atomic mass is 9.84. The molecule has 5 heterocycles. The number of aryl methyl sites for hydroxylation is 2. The molecule has 1 atom stereocenters. The van der Waals surface area contributed by atoms with E-state index >= 15 is 4.39 Å². The molecule has 43 heavy (non-hydrogen) atoms. The Morgan fingerprint density at radius 1 is 1.23 bits per heavy atom. The number of aromatic nitrogens is 6. The molecule has 0 bridgehead atoms. The number of nitrogen functional groups attached to an aromatic ring is 1. The third-order valence-electron chi connectivity index (χ3n) is 7.65. The van der Waals surface area contributed by atoms with Crippen LogP contribution in [-0.4, -0.2) is 71.1 Å². The summed E-state index contributed by atoms with van der Waals surface area (Å²) in [6, 6.07) is 4.73. The highest BCUT2D eigenvalue weighted by Gasteiger charge is 2.37. The average Bonchev–Trinajstić information content (AvgIpc) is 3.18. The molecule has 11 nitrogen and oxygen atoms in total. The summed E-state index contributed by atoms with van der Waals surface area (Å²) in [6.07, 6.45) is 5.42. The predicted octanol–water partition coefficient (Wildman–Crippen LogP) is 4.49. The van der Waals surface area contributed by atoms with Gasteiger partial charge in [-0.3, -0.25) is 9.88 Å². The number of ether oxygens (including phenoxy) is 1. The number of rotatable bonds is 11. The molecule has 1 aliphatic rings. The molecule has 4 N–H and O–H groups in total. The molecule has 4 aromatic rings. The van der Waals surface area contributed by atoms with Gasteiger partial charge in [0, 0.05) is 74.9 Å². The van der Waals surface area contributed by atoms with Crippen molar-refractivity contribution in [2.75, 3.05) is 30.7 Å². The smallest absolute Gasteiger partial charge is 0.223 e. The first-order valence-corrected chi connectivity index (χ1v) is 14.5. The third kappa shape index (κ3) is 7.03. The van der Waals surface area contributed by atoms with Crippen molar-refractivity contribution < 1.29 is 14.2 Å². The quantitative estimate of drug-likeness (QED) is 0.208. The van der Waals surface area contributed by atoms with E-state index in [-0.39, 0.29) is 22.8 Å². The van der Waals surface area contributed by atoms with E-state index in [1.165, 1.54) is 12.3 Å². The van der Waals surface area contributed by atoms with Gasteiger partial charge >= 0.3 is 0 Å². The zero-order valence-corrected chi connectivity index (χ0v) is 25.7. The van der Waals surface area contributed by atoms with Gasteiger partial charge in [-0.2, -0.15) is 5.10 Å². The molecule has 0 spiro atoms. The van der Waals surface area contributed by atoms with Crippen LogP contribution in [0.1, 0.15) is 38.4 Å². The molecular formula is C30H37ClFN9O2. The highest BCUT2D eigenvalue weighted by Crippen LogP contribution is 2.33. The van der Waals surface area contributed by atoms with Crippen LogP contribution in [0.5, 0.6) is 5.88 Å². The summed E-state index contributed by atoms with van der Waals surface area (Å²) in [5.74, 6) is 1.12.